The van der Waals surface area contributed by atoms with Crippen LogP contribution in [0.15, 0.2) is 33.9 Å². The van der Waals surface area contributed by atoms with Crippen LogP contribution >= 0.6 is 0 Å². The molecule has 3 heterocycles. The number of amides is 1. The van der Waals surface area contributed by atoms with Crippen LogP contribution in [0.3, 0.4) is 0 Å². The van der Waals surface area contributed by atoms with Crippen molar-refractivity contribution in [1.82, 2.24) is 24.0 Å². The molecule has 8 nitrogen and oxygen atoms in total. The number of aromatic nitrogens is 4. The number of nitrogens with one attached hydrogen (secondary N) is 1. The van der Waals surface area contributed by atoms with E-state index >= 15 is 0 Å². The average Bonchev–Trinajstić information content (AvgIpc) is 3.14. The number of rotatable bonds is 8. The molecule has 0 saturated carbocycles. The minimum Gasteiger partial charge on any atom is -0.338 e. The Morgan fingerprint density at radius 3 is 2.64 bits per heavy atom. The van der Waals surface area contributed by atoms with Gasteiger partial charge < -0.3 is 9.47 Å². The lowest BCUT2D eigenvalue weighted by molar-refractivity contribution is -0.132. The Bertz CT molecular complexity index is 1270. The van der Waals surface area contributed by atoms with Gasteiger partial charge in [0.1, 0.15) is 5.82 Å². The van der Waals surface area contributed by atoms with Crippen LogP contribution in [0, 0.1) is 5.92 Å². The van der Waals surface area contributed by atoms with Crippen molar-refractivity contribution < 1.29 is 4.79 Å². The molecule has 8 heteroatoms. The maximum absolute atomic E-state index is 13.0. The Hall–Kier alpha value is -3.16. The molecule has 0 aliphatic carbocycles. The number of fused-ring (bicyclic) bond motifs is 2. The van der Waals surface area contributed by atoms with Crippen LogP contribution in [-0.2, 0) is 37.3 Å². The summed E-state index contributed by atoms with van der Waals surface area (Å²) in [7, 11) is 0. The van der Waals surface area contributed by atoms with E-state index in [-0.39, 0.29) is 11.8 Å². The van der Waals surface area contributed by atoms with E-state index in [4.69, 9.17) is 4.98 Å². The van der Waals surface area contributed by atoms with Crippen molar-refractivity contribution in [2.24, 2.45) is 5.92 Å². The van der Waals surface area contributed by atoms with E-state index in [2.05, 4.69) is 37.9 Å². The van der Waals surface area contributed by atoms with E-state index < -0.39 is 11.2 Å². The highest BCUT2D eigenvalue weighted by molar-refractivity contribution is 5.77. The molecule has 0 bridgehead atoms. The first-order chi connectivity index (χ1) is 15.9. The first-order valence-corrected chi connectivity index (χ1v) is 12.0. The topological polar surface area (TPSA) is 93.0 Å². The second-order valence-electron chi connectivity index (χ2n) is 9.30. The predicted molar refractivity (Wildman–Crippen MR) is 128 cm³/mol. The number of nitrogens with zero attached hydrogens (tertiary/aromatic N) is 4. The molecule has 1 aliphatic heterocycles. The highest BCUT2D eigenvalue weighted by Crippen LogP contribution is 2.20. The first kappa shape index (κ1) is 23.0. The van der Waals surface area contributed by atoms with Gasteiger partial charge in [-0.15, -0.1) is 0 Å². The average molecular weight is 452 g/mol. The molecule has 0 unspecified atom stereocenters. The van der Waals surface area contributed by atoms with Gasteiger partial charge in [0.15, 0.2) is 11.2 Å². The number of hydrogen-bond acceptors (Lipinski definition) is 4. The zero-order valence-electron chi connectivity index (χ0n) is 19.8. The molecular formula is C25H33N5O3. The molecule has 1 N–H and O–H groups in total. The van der Waals surface area contributed by atoms with Crippen LogP contribution < -0.4 is 11.2 Å². The van der Waals surface area contributed by atoms with Crippen LogP contribution in [0.5, 0.6) is 0 Å². The standard InChI is InChI=1S/C25H33N5O3/c1-4-5-13-29-23-22(24(32)27-25(29)33)30(15-17(2)3)20(26-23)10-11-21(31)28-14-12-18-8-6-7-9-19(18)16-28/h6-9,17H,4-5,10-16H2,1-3H3,(H,27,32,33). The van der Waals surface area contributed by atoms with Crippen LogP contribution in [0.1, 0.15) is 57.0 Å². The second-order valence-corrected chi connectivity index (χ2v) is 9.30. The molecule has 0 saturated heterocycles. The molecule has 1 amide bonds. The molecule has 2 aromatic heterocycles. The lowest BCUT2D eigenvalue weighted by Gasteiger charge is -2.29. The van der Waals surface area contributed by atoms with Crippen molar-refractivity contribution in [1.29, 1.82) is 0 Å². The lowest BCUT2D eigenvalue weighted by Crippen LogP contribution is -2.36. The Kier molecular flexibility index (Phi) is 6.81. The van der Waals surface area contributed by atoms with Crippen LogP contribution in [0.4, 0.5) is 0 Å². The molecule has 4 rings (SSSR count). The summed E-state index contributed by atoms with van der Waals surface area (Å²) in [6.45, 7) is 8.67. The number of aryl methyl sites for hydroxylation is 2. The van der Waals surface area contributed by atoms with E-state index in [0.717, 1.165) is 19.3 Å². The van der Waals surface area contributed by atoms with Crippen LogP contribution in [0.2, 0.25) is 0 Å². The summed E-state index contributed by atoms with van der Waals surface area (Å²) < 4.78 is 3.46. The summed E-state index contributed by atoms with van der Waals surface area (Å²) in [5, 5.41) is 0. The maximum atomic E-state index is 13.0. The highest BCUT2D eigenvalue weighted by atomic mass is 16.2. The number of H-pyrrole nitrogens is 1. The molecule has 0 radical (unpaired) electrons. The number of benzene rings is 1. The van der Waals surface area contributed by atoms with Crippen molar-refractivity contribution in [2.75, 3.05) is 6.54 Å². The fourth-order valence-electron chi connectivity index (χ4n) is 4.58. The Balaban J connectivity index is 1.61. The zero-order chi connectivity index (χ0) is 23.5. The van der Waals surface area contributed by atoms with Crippen LogP contribution in [-0.4, -0.2) is 36.5 Å². The first-order valence-electron chi connectivity index (χ1n) is 12.0. The van der Waals surface area contributed by atoms with Crippen molar-refractivity contribution in [3.05, 3.63) is 62.1 Å². The molecule has 0 spiro atoms. The van der Waals surface area contributed by atoms with Crippen molar-refractivity contribution >= 4 is 17.1 Å². The Morgan fingerprint density at radius 1 is 1.15 bits per heavy atom. The quantitative estimate of drug-likeness (QED) is 0.570. The SMILES string of the molecule is CCCCn1c(=O)[nH]c(=O)c2c1nc(CCC(=O)N1CCc3ccccc3C1)n2CC(C)C. The number of carbonyl (C=O) groups excluding carboxylic acids is 1. The number of hydrogen-bond donors (Lipinski definition) is 1. The van der Waals surface area contributed by atoms with Gasteiger partial charge in [-0.05, 0) is 29.9 Å². The lowest BCUT2D eigenvalue weighted by atomic mass is 9.99. The third-order valence-corrected chi connectivity index (χ3v) is 6.29. The van der Waals surface area contributed by atoms with Gasteiger partial charge in [0.2, 0.25) is 5.91 Å². The van der Waals surface area contributed by atoms with Gasteiger partial charge in [-0.2, -0.15) is 0 Å². The minimum absolute atomic E-state index is 0.0879. The third kappa shape index (κ3) is 4.79. The largest absolute Gasteiger partial charge is 0.338 e. The molecular weight excluding hydrogens is 418 g/mol. The summed E-state index contributed by atoms with van der Waals surface area (Å²) in [4.78, 5) is 47.3. The Labute approximate surface area is 193 Å². The fraction of sp³-hybridized carbons (Fsp3) is 0.520. The van der Waals surface area contributed by atoms with Gasteiger partial charge >= 0.3 is 5.69 Å². The predicted octanol–water partition coefficient (Wildman–Crippen LogP) is 2.86. The van der Waals surface area contributed by atoms with Gasteiger partial charge in [0.05, 0.1) is 0 Å². The third-order valence-electron chi connectivity index (χ3n) is 6.29. The summed E-state index contributed by atoms with van der Waals surface area (Å²) in [6.07, 6.45) is 3.37. The van der Waals surface area contributed by atoms with Crippen molar-refractivity contribution in [2.45, 2.75) is 72.5 Å². The van der Waals surface area contributed by atoms with E-state index in [0.29, 0.717) is 56.0 Å². The molecule has 1 aliphatic rings. The van der Waals surface area contributed by atoms with E-state index in [1.54, 1.807) is 4.57 Å². The maximum Gasteiger partial charge on any atom is 0.330 e. The number of unbranched alkanes of at least 4 members (excludes halogenated alkanes) is 1. The smallest absolute Gasteiger partial charge is 0.330 e. The second kappa shape index (κ2) is 9.77. The monoisotopic (exact) mass is 451 g/mol. The van der Waals surface area contributed by atoms with Crippen molar-refractivity contribution in [3.63, 3.8) is 0 Å². The normalized spacial score (nSPS) is 13.6. The summed E-state index contributed by atoms with van der Waals surface area (Å²) in [5.74, 6) is 1.06. The van der Waals surface area contributed by atoms with Gasteiger partial charge in [0, 0.05) is 39.0 Å². The minimum atomic E-state index is -0.426. The number of imidazole rings is 1. The van der Waals surface area contributed by atoms with E-state index in [1.807, 2.05) is 21.6 Å². The highest BCUT2D eigenvalue weighted by Gasteiger charge is 2.23. The van der Waals surface area contributed by atoms with E-state index in [9.17, 15) is 14.4 Å². The van der Waals surface area contributed by atoms with Gasteiger partial charge in [-0.25, -0.2) is 9.78 Å². The fourth-order valence-corrected chi connectivity index (χ4v) is 4.58. The molecule has 0 fully saturated rings. The molecule has 176 valence electrons. The summed E-state index contributed by atoms with van der Waals surface area (Å²) in [5.41, 5.74) is 2.52. The van der Waals surface area contributed by atoms with Crippen LogP contribution in [0.25, 0.3) is 11.2 Å². The molecule has 1 aromatic carbocycles. The van der Waals surface area contributed by atoms with Gasteiger partial charge in [0.25, 0.3) is 5.56 Å². The number of aromatic amines is 1. The zero-order valence-corrected chi connectivity index (χ0v) is 19.8. The molecule has 33 heavy (non-hydrogen) atoms. The summed E-state index contributed by atoms with van der Waals surface area (Å²) in [6, 6.07) is 8.26. The van der Waals surface area contributed by atoms with Gasteiger partial charge in [-0.1, -0.05) is 51.5 Å². The molecule has 0 atom stereocenters. The summed E-state index contributed by atoms with van der Waals surface area (Å²) >= 11 is 0. The Morgan fingerprint density at radius 2 is 1.91 bits per heavy atom. The van der Waals surface area contributed by atoms with Gasteiger partial charge in [-0.3, -0.25) is 19.1 Å². The van der Waals surface area contributed by atoms with Crippen molar-refractivity contribution in [3.8, 4) is 0 Å². The van der Waals surface area contributed by atoms with E-state index in [1.165, 1.54) is 11.1 Å². The number of carbonyl (C=O) groups is 1. The molecule has 3 aromatic rings.